The lowest BCUT2D eigenvalue weighted by Gasteiger charge is -2.33. The number of unbranched alkanes of at least 4 members (excludes halogenated alkanes) is 10. The van der Waals surface area contributed by atoms with Crippen molar-refractivity contribution in [1.29, 1.82) is 0 Å². The maximum Gasteiger partial charge on any atom is 0.416 e. The third-order valence-corrected chi connectivity index (χ3v) is 11.5. The number of aromatic hydroxyl groups is 1. The monoisotopic (exact) mass is 683 g/mol. The molecule has 6 rings (SSSR count). The lowest BCUT2D eigenvalue weighted by atomic mass is 9.70. The number of alkyl halides is 3. The van der Waals surface area contributed by atoms with Crippen LogP contribution in [0.15, 0.2) is 78.9 Å². The minimum absolute atomic E-state index is 0.000682. The maximum absolute atomic E-state index is 13.2. The summed E-state index contributed by atoms with van der Waals surface area (Å²) >= 11 is 1.39. The Morgan fingerprint density at radius 2 is 1.22 bits per heavy atom. The number of phenols is 1. The zero-order chi connectivity index (χ0) is 34.4. The van der Waals surface area contributed by atoms with Crippen LogP contribution in [0.25, 0.3) is 43.0 Å². The van der Waals surface area contributed by atoms with Crippen LogP contribution in [0.5, 0.6) is 5.75 Å². The van der Waals surface area contributed by atoms with Gasteiger partial charge in [-0.15, -0.1) is 11.3 Å². The number of phenolic OH excluding ortho intramolecular Hbond substituents is 1. The van der Waals surface area contributed by atoms with E-state index in [2.05, 4.69) is 73.4 Å². The van der Waals surface area contributed by atoms with Gasteiger partial charge in [-0.3, -0.25) is 0 Å². The summed E-state index contributed by atoms with van der Waals surface area (Å²) in [7, 11) is 0. The summed E-state index contributed by atoms with van der Waals surface area (Å²) in [6.07, 6.45) is 13.2. The summed E-state index contributed by atoms with van der Waals surface area (Å²) in [5.41, 5.74) is 8.12. The topological polar surface area (TPSA) is 33.1 Å². The van der Waals surface area contributed by atoms with Crippen molar-refractivity contribution in [3.8, 4) is 38.6 Å². The van der Waals surface area contributed by atoms with Crippen LogP contribution >= 0.6 is 11.3 Å². The van der Waals surface area contributed by atoms with E-state index in [1.165, 1.54) is 117 Å². The summed E-state index contributed by atoms with van der Waals surface area (Å²) in [5, 5.41) is 11.0. The summed E-state index contributed by atoms with van der Waals surface area (Å²) in [6, 6.07) is 25.3. The first-order chi connectivity index (χ1) is 23.7. The normalized spacial score (nSPS) is 13.6. The van der Waals surface area contributed by atoms with Crippen LogP contribution in [0.4, 0.5) is 13.2 Å². The van der Waals surface area contributed by atoms with E-state index in [-0.39, 0.29) is 5.41 Å². The second-order valence-electron chi connectivity index (χ2n) is 13.9. The molecule has 0 saturated carbocycles. The number of hydrogen-bond donors (Lipinski definition) is 1. The van der Waals surface area contributed by atoms with Gasteiger partial charge in [0.05, 0.1) is 21.3 Å². The van der Waals surface area contributed by atoms with Gasteiger partial charge in [0, 0.05) is 5.41 Å². The van der Waals surface area contributed by atoms with Gasteiger partial charge in [-0.25, -0.2) is 4.98 Å². The molecule has 1 heterocycles. The molecule has 0 atom stereocenters. The van der Waals surface area contributed by atoms with Crippen LogP contribution in [0.1, 0.15) is 120 Å². The van der Waals surface area contributed by atoms with Crippen molar-refractivity contribution in [2.24, 2.45) is 0 Å². The number of thiazole rings is 1. The second kappa shape index (κ2) is 15.5. The van der Waals surface area contributed by atoms with Crippen molar-refractivity contribution in [2.45, 2.75) is 115 Å². The first kappa shape index (κ1) is 35.2. The fraction of sp³-hybridized carbons (Fsp3) is 0.419. The van der Waals surface area contributed by atoms with Gasteiger partial charge in [0.15, 0.2) is 0 Å². The standard InChI is InChI=1S/C43H48F3NOS/c1-3-5-7-9-11-15-25-42(26-16-12-10-8-6-4-2)36-18-14-13-17-33(36)34-22-19-30(27-37(34)42)31-20-24-38-40(28-31)49-41(47-38)35-23-21-32(29-39(35)48)43(44,45)46/h13-14,17-24,27-29,48H,3-12,15-16,25-26H2,1-2H3. The van der Waals surface area contributed by atoms with Crippen LogP contribution in [0.3, 0.4) is 0 Å². The molecule has 1 N–H and O–H groups in total. The molecule has 258 valence electrons. The van der Waals surface area contributed by atoms with Crippen LogP contribution in [0, 0.1) is 0 Å². The molecule has 0 spiro atoms. The Hall–Kier alpha value is -3.64. The average Bonchev–Trinajstić information content (AvgIpc) is 3.64. The van der Waals surface area contributed by atoms with E-state index in [0.29, 0.717) is 10.6 Å². The fourth-order valence-corrected chi connectivity index (χ4v) is 8.86. The van der Waals surface area contributed by atoms with Crippen molar-refractivity contribution in [2.75, 3.05) is 0 Å². The number of nitrogens with zero attached hydrogens (tertiary/aromatic N) is 1. The van der Waals surface area contributed by atoms with Crippen LogP contribution in [-0.4, -0.2) is 10.1 Å². The number of fused-ring (bicyclic) bond motifs is 4. The first-order valence-electron chi connectivity index (χ1n) is 18.3. The molecule has 0 radical (unpaired) electrons. The molecule has 0 fully saturated rings. The van der Waals surface area contributed by atoms with Crippen molar-refractivity contribution in [1.82, 2.24) is 4.98 Å². The predicted molar refractivity (Wildman–Crippen MR) is 199 cm³/mol. The molecule has 1 aromatic heterocycles. The molecule has 0 bridgehead atoms. The largest absolute Gasteiger partial charge is 0.507 e. The Bertz CT molecular complexity index is 1860. The zero-order valence-electron chi connectivity index (χ0n) is 28.8. The number of benzene rings is 4. The van der Waals surface area contributed by atoms with E-state index in [9.17, 15) is 18.3 Å². The smallest absolute Gasteiger partial charge is 0.416 e. The second-order valence-corrected chi connectivity index (χ2v) is 14.9. The van der Waals surface area contributed by atoms with Gasteiger partial charge >= 0.3 is 6.18 Å². The molecule has 1 aliphatic carbocycles. The highest BCUT2D eigenvalue weighted by Gasteiger charge is 2.42. The lowest BCUT2D eigenvalue weighted by molar-refractivity contribution is -0.137. The highest BCUT2D eigenvalue weighted by Crippen LogP contribution is 2.55. The summed E-state index contributed by atoms with van der Waals surface area (Å²) in [6.45, 7) is 4.55. The molecule has 0 amide bonds. The Balaban J connectivity index is 1.33. The highest BCUT2D eigenvalue weighted by molar-refractivity contribution is 7.21. The minimum atomic E-state index is -4.52. The van der Waals surface area contributed by atoms with E-state index in [1.807, 2.05) is 6.07 Å². The van der Waals surface area contributed by atoms with Crippen molar-refractivity contribution in [3.63, 3.8) is 0 Å². The molecule has 4 aromatic carbocycles. The summed E-state index contributed by atoms with van der Waals surface area (Å²) in [5.74, 6) is -0.417. The molecule has 0 aliphatic heterocycles. The molecule has 0 saturated heterocycles. The van der Waals surface area contributed by atoms with Crippen LogP contribution in [-0.2, 0) is 11.6 Å². The van der Waals surface area contributed by atoms with Crippen molar-refractivity contribution >= 4 is 21.6 Å². The predicted octanol–water partition coefficient (Wildman–Crippen LogP) is 14.1. The van der Waals surface area contributed by atoms with Crippen molar-refractivity contribution < 1.29 is 18.3 Å². The van der Waals surface area contributed by atoms with E-state index in [4.69, 9.17) is 0 Å². The van der Waals surface area contributed by atoms with Gasteiger partial charge in [0.1, 0.15) is 10.8 Å². The van der Waals surface area contributed by atoms with Gasteiger partial charge < -0.3 is 5.11 Å². The molecular formula is C43H48F3NOS. The molecule has 49 heavy (non-hydrogen) atoms. The van der Waals surface area contributed by atoms with Gasteiger partial charge in [-0.05, 0) is 82.6 Å². The number of rotatable bonds is 16. The third kappa shape index (κ3) is 7.60. The Morgan fingerprint density at radius 1 is 0.633 bits per heavy atom. The molecule has 0 unspecified atom stereocenters. The lowest BCUT2D eigenvalue weighted by Crippen LogP contribution is -2.25. The highest BCUT2D eigenvalue weighted by atomic mass is 32.1. The number of hydrogen-bond acceptors (Lipinski definition) is 3. The zero-order valence-corrected chi connectivity index (χ0v) is 29.7. The van der Waals surface area contributed by atoms with E-state index in [1.54, 1.807) is 0 Å². The molecule has 6 heteroatoms. The Morgan fingerprint density at radius 3 is 1.90 bits per heavy atom. The molecule has 2 nitrogen and oxygen atoms in total. The fourth-order valence-electron chi connectivity index (χ4n) is 7.82. The third-order valence-electron chi connectivity index (χ3n) is 10.5. The first-order valence-corrected chi connectivity index (χ1v) is 19.1. The van der Waals surface area contributed by atoms with E-state index < -0.39 is 17.5 Å². The van der Waals surface area contributed by atoms with Gasteiger partial charge in [0.25, 0.3) is 0 Å². The Kier molecular flexibility index (Phi) is 11.1. The minimum Gasteiger partial charge on any atom is -0.507 e. The molecule has 1 aliphatic rings. The SMILES string of the molecule is CCCCCCCCC1(CCCCCCCC)c2ccccc2-c2ccc(-c3ccc4nc(-c5ccc(C(F)(F)F)cc5O)sc4c3)cc21. The number of halogens is 3. The van der Waals surface area contributed by atoms with E-state index >= 15 is 0 Å². The van der Waals surface area contributed by atoms with Crippen LogP contribution in [0.2, 0.25) is 0 Å². The average molecular weight is 684 g/mol. The quantitative estimate of drug-likeness (QED) is 0.105. The molecular weight excluding hydrogens is 636 g/mol. The van der Waals surface area contributed by atoms with Gasteiger partial charge in [-0.1, -0.05) is 133 Å². The van der Waals surface area contributed by atoms with Gasteiger partial charge in [0.2, 0.25) is 0 Å². The summed E-state index contributed by atoms with van der Waals surface area (Å²) in [4.78, 5) is 4.68. The number of aromatic nitrogens is 1. The van der Waals surface area contributed by atoms with Crippen molar-refractivity contribution in [3.05, 3.63) is 95.6 Å². The van der Waals surface area contributed by atoms with Gasteiger partial charge in [-0.2, -0.15) is 13.2 Å². The van der Waals surface area contributed by atoms with Crippen LogP contribution < -0.4 is 0 Å². The molecule has 5 aromatic rings. The van der Waals surface area contributed by atoms with E-state index in [0.717, 1.165) is 46.3 Å². The maximum atomic E-state index is 13.2. The Labute approximate surface area is 293 Å². The summed E-state index contributed by atoms with van der Waals surface area (Å²) < 4.78 is 40.5.